The average molecular weight is 260 g/mol. The van der Waals surface area contributed by atoms with Gasteiger partial charge in [-0.05, 0) is 12.0 Å². The maximum absolute atomic E-state index is 13.7. The Hall–Kier alpha value is -2.17. The number of hydrogen-bond acceptors (Lipinski definition) is 4. The second-order valence-electron chi connectivity index (χ2n) is 4.16. The molecule has 19 heavy (non-hydrogen) atoms. The van der Waals surface area contributed by atoms with Crippen molar-refractivity contribution in [2.24, 2.45) is 0 Å². The van der Waals surface area contributed by atoms with E-state index in [1.807, 2.05) is 37.3 Å². The van der Waals surface area contributed by atoms with E-state index in [2.05, 4.69) is 20.6 Å². The molecule has 0 amide bonds. The molecule has 2 rings (SSSR count). The highest BCUT2D eigenvalue weighted by Gasteiger charge is 2.13. The summed E-state index contributed by atoms with van der Waals surface area (Å²) >= 11 is 0. The number of nitrogens with one attached hydrogen (secondary N) is 2. The van der Waals surface area contributed by atoms with Gasteiger partial charge in [0, 0.05) is 7.05 Å². The van der Waals surface area contributed by atoms with Gasteiger partial charge in [-0.3, -0.25) is 0 Å². The molecule has 0 saturated carbocycles. The summed E-state index contributed by atoms with van der Waals surface area (Å²) in [6, 6.07) is 9.94. The summed E-state index contributed by atoms with van der Waals surface area (Å²) in [5.74, 6) is 0.162. The minimum Gasteiger partial charge on any atom is -0.361 e. The van der Waals surface area contributed by atoms with Crippen LogP contribution < -0.4 is 10.6 Å². The van der Waals surface area contributed by atoms with Crippen LogP contribution in [0.5, 0.6) is 0 Å². The molecule has 0 fully saturated rings. The molecule has 5 heteroatoms. The first-order valence-electron chi connectivity index (χ1n) is 6.26. The van der Waals surface area contributed by atoms with E-state index in [-0.39, 0.29) is 11.9 Å². The molecule has 1 unspecified atom stereocenters. The zero-order valence-corrected chi connectivity index (χ0v) is 11.0. The topological polar surface area (TPSA) is 49.8 Å². The number of halogens is 1. The van der Waals surface area contributed by atoms with Crippen LogP contribution in [-0.4, -0.2) is 17.0 Å². The number of benzene rings is 1. The zero-order valence-electron chi connectivity index (χ0n) is 11.0. The summed E-state index contributed by atoms with van der Waals surface area (Å²) in [4.78, 5) is 7.92. The largest absolute Gasteiger partial charge is 0.361 e. The van der Waals surface area contributed by atoms with E-state index in [0.29, 0.717) is 5.95 Å². The maximum Gasteiger partial charge on any atom is 0.224 e. The first kappa shape index (κ1) is 13.3. The smallest absolute Gasteiger partial charge is 0.224 e. The average Bonchev–Trinajstić information content (AvgIpc) is 2.47. The third kappa shape index (κ3) is 3.19. The van der Waals surface area contributed by atoms with Crippen LogP contribution >= 0.6 is 0 Å². The van der Waals surface area contributed by atoms with Crippen LogP contribution in [0.3, 0.4) is 0 Å². The third-order valence-corrected chi connectivity index (χ3v) is 2.89. The lowest BCUT2D eigenvalue weighted by Crippen LogP contribution is -2.13. The van der Waals surface area contributed by atoms with E-state index in [4.69, 9.17) is 0 Å². The SMILES string of the molecule is CCC(Nc1nc(NC)ncc1F)c1ccccc1. The predicted molar refractivity (Wildman–Crippen MR) is 74.6 cm³/mol. The molecule has 2 aromatic rings. The van der Waals surface area contributed by atoms with Gasteiger partial charge in [0.2, 0.25) is 5.95 Å². The summed E-state index contributed by atoms with van der Waals surface area (Å²) in [5.41, 5.74) is 1.11. The van der Waals surface area contributed by atoms with Crippen molar-refractivity contribution in [3.05, 3.63) is 47.9 Å². The van der Waals surface area contributed by atoms with Crippen molar-refractivity contribution in [2.75, 3.05) is 17.7 Å². The van der Waals surface area contributed by atoms with Crippen LogP contribution in [0.2, 0.25) is 0 Å². The normalized spacial score (nSPS) is 11.9. The van der Waals surface area contributed by atoms with Gasteiger partial charge in [-0.1, -0.05) is 37.3 Å². The minimum atomic E-state index is -0.451. The number of rotatable bonds is 5. The Morgan fingerprint density at radius 3 is 2.63 bits per heavy atom. The Labute approximate surface area is 112 Å². The molecule has 0 aliphatic carbocycles. The van der Waals surface area contributed by atoms with Gasteiger partial charge in [0.05, 0.1) is 12.2 Å². The first-order chi connectivity index (χ1) is 9.24. The van der Waals surface area contributed by atoms with Crippen LogP contribution in [0.25, 0.3) is 0 Å². The fourth-order valence-corrected chi connectivity index (χ4v) is 1.86. The fraction of sp³-hybridized carbons (Fsp3) is 0.286. The van der Waals surface area contributed by atoms with Crippen molar-refractivity contribution in [3.63, 3.8) is 0 Å². The standard InChI is InChI=1S/C14H17FN4/c1-3-12(10-7-5-4-6-8-10)18-13-11(15)9-17-14(16-2)19-13/h4-9,12H,3H2,1-2H3,(H2,16,17,18,19). The molecule has 1 heterocycles. The predicted octanol–water partition coefficient (Wildman–Crippen LogP) is 3.22. The number of aromatic nitrogens is 2. The lowest BCUT2D eigenvalue weighted by Gasteiger charge is -2.18. The van der Waals surface area contributed by atoms with Crippen LogP contribution in [0.15, 0.2) is 36.5 Å². The van der Waals surface area contributed by atoms with E-state index < -0.39 is 5.82 Å². The summed E-state index contributed by atoms with van der Waals surface area (Å²) in [5, 5.41) is 5.92. The van der Waals surface area contributed by atoms with E-state index >= 15 is 0 Å². The molecule has 0 saturated heterocycles. The van der Waals surface area contributed by atoms with E-state index in [0.717, 1.165) is 12.0 Å². The van der Waals surface area contributed by atoms with E-state index in [9.17, 15) is 4.39 Å². The highest BCUT2D eigenvalue weighted by Crippen LogP contribution is 2.23. The summed E-state index contributed by atoms with van der Waals surface area (Å²) < 4.78 is 13.7. The highest BCUT2D eigenvalue weighted by molar-refractivity contribution is 5.43. The van der Waals surface area contributed by atoms with Gasteiger partial charge in [-0.15, -0.1) is 0 Å². The fourth-order valence-electron chi connectivity index (χ4n) is 1.86. The van der Waals surface area contributed by atoms with Crippen LogP contribution in [-0.2, 0) is 0 Å². The van der Waals surface area contributed by atoms with E-state index in [1.54, 1.807) is 7.05 Å². The Bertz CT molecular complexity index is 530. The van der Waals surface area contributed by atoms with Crippen molar-refractivity contribution < 1.29 is 4.39 Å². The molecule has 4 nitrogen and oxygen atoms in total. The minimum absolute atomic E-state index is 0.0234. The second kappa shape index (κ2) is 6.13. The van der Waals surface area contributed by atoms with Gasteiger partial charge in [-0.25, -0.2) is 9.37 Å². The molecule has 0 aliphatic heterocycles. The van der Waals surface area contributed by atoms with Gasteiger partial charge < -0.3 is 10.6 Å². The van der Waals surface area contributed by atoms with Crippen LogP contribution in [0, 0.1) is 5.82 Å². The van der Waals surface area contributed by atoms with Crippen molar-refractivity contribution in [1.82, 2.24) is 9.97 Å². The van der Waals surface area contributed by atoms with Crippen molar-refractivity contribution in [3.8, 4) is 0 Å². The third-order valence-electron chi connectivity index (χ3n) is 2.89. The van der Waals surface area contributed by atoms with Crippen LogP contribution in [0.4, 0.5) is 16.2 Å². The summed E-state index contributed by atoms with van der Waals surface area (Å²) in [7, 11) is 1.70. The van der Waals surface area contributed by atoms with Crippen molar-refractivity contribution >= 4 is 11.8 Å². The number of hydrogen-bond donors (Lipinski definition) is 2. The molecule has 0 spiro atoms. The summed E-state index contributed by atoms with van der Waals surface area (Å²) in [6.07, 6.45) is 2.00. The van der Waals surface area contributed by atoms with Gasteiger partial charge in [0.1, 0.15) is 0 Å². The quantitative estimate of drug-likeness (QED) is 0.866. The van der Waals surface area contributed by atoms with Crippen molar-refractivity contribution in [1.29, 1.82) is 0 Å². The molecule has 0 bridgehead atoms. The molecule has 0 radical (unpaired) electrons. The molecule has 2 N–H and O–H groups in total. The lowest BCUT2D eigenvalue weighted by atomic mass is 10.0. The Morgan fingerprint density at radius 1 is 1.26 bits per heavy atom. The van der Waals surface area contributed by atoms with Gasteiger partial charge in [-0.2, -0.15) is 4.98 Å². The molecule has 0 aliphatic rings. The Balaban J connectivity index is 2.23. The maximum atomic E-state index is 13.7. The van der Waals surface area contributed by atoms with Gasteiger partial charge in [0.25, 0.3) is 0 Å². The Kier molecular flexibility index (Phi) is 4.28. The lowest BCUT2D eigenvalue weighted by molar-refractivity contribution is 0.610. The zero-order chi connectivity index (χ0) is 13.7. The molecular weight excluding hydrogens is 243 g/mol. The summed E-state index contributed by atoms with van der Waals surface area (Å²) in [6.45, 7) is 2.04. The first-order valence-corrected chi connectivity index (χ1v) is 6.26. The van der Waals surface area contributed by atoms with Gasteiger partial charge in [0.15, 0.2) is 11.6 Å². The molecule has 1 atom stereocenters. The van der Waals surface area contributed by atoms with Gasteiger partial charge >= 0.3 is 0 Å². The molecule has 1 aromatic heterocycles. The molecule has 1 aromatic carbocycles. The molecule has 100 valence electrons. The highest BCUT2D eigenvalue weighted by atomic mass is 19.1. The molecular formula is C14H17FN4. The van der Waals surface area contributed by atoms with Crippen molar-refractivity contribution in [2.45, 2.75) is 19.4 Å². The second-order valence-corrected chi connectivity index (χ2v) is 4.16. The van der Waals surface area contributed by atoms with E-state index in [1.165, 1.54) is 6.20 Å². The monoisotopic (exact) mass is 260 g/mol. The number of nitrogens with zero attached hydrogens (tertiary/aromatic N) is 2. The van der Waals surface area contributed by atoms with Crippen LogP contribution in [0.1, 0.15) is 24.9 Å². The Morgan fingerprint density at radius 2 is 2.00 bits per heavy atom. The number of anilines is 2.